The van der Waals surface area contributed by atoms with E-state index in [0.29, 0.717) is 62.4 Å². The van der Waals surface area contributed by atoms with Crippen LogP contribution in [0.4, 0.5) is 27.6 Å². The Bertz CT molecular complexity index is 1550. The molecule has 1 spiro atoms. The second-order valence-corrected chi connectivity index (χ2v) is 15.6. The number of fused-ring (bicyclic) bond motifs is 1. The molecule has 16 heteroatoms. The van der Waals surface area contributed by atoms with Gasteiger partial charge in [-0.05, 0) is 0 Å². The summed E-state index contributed by atoms with van der Waals surface area (Å²) in [6.07, 6.45) is 0.855. The zero-order valence-electron chi connectivity index (χ0n) is 24.4. The molecule has 2 atom stereocenters. The summed E-state index contributed by atoms with van der Waals surface area (Å²) in [6, 6.07) is 2.05. The number of hydrogen-bond acceptors (Lipinski definition) is 9. The summed E-state index contributed by atoms with van der Waals surface area (Å²) in [5.41, 5.74) is 1.28. The van der Waals surface area contributed by atoms with Gasteiger partial charge in [0.25, 0.3) is 0 Å². The molecule has 0 radical (unpaired) electrons. The molecule has 9 nitrogen and oxygen atoms in total. The van der Waals surface area contributed by atoms with Gasteiger partial charge in [-0.3, -0.25) is 0 Å². The number of nitrogens with one attached hydrogen (secondary N) is 1. The number of rotatable bonds is 9. The molecule has 2 aliphatic carbocycles. The van der Waals surface area contributed by atoms with E-state index in [2.05, 4.69) is 26.7 Å². The number of methoxy groups -OCH3 is 1. The van der Waals surface area contributed by atoms with Crippen LogP contribution in [-0.2, 0) is 26.0 Å². The topological polar surface area (TPSA) is 86.0 Å². The molecule has 3 aromatic heterocycles. The molecular formula is C28H33F5N6O3SSe. The SMILES string of the molecule is COC1(c2nc3c(N4CCC5(CC4)CO[C@@H](C)C5OC(F)F)cc(SNC4(C)CC4)cn3c2-c2nnc(C(F)(F)F)[se]2)CC1. The fourth-order valence-corrected chi connectivity index (χ4v) is 8.90. The number of hydrogen-bond donors (Lipinski definition) is 1. The summed E-state index contributed by atoms with van der Waals surface area (Å²) in [7, 11) is 1.59. The predicted octanol–water partition coefficient (Wildman–Crippen LogP) is 5.26. The number of alkyl halides is 5. The van der Waals surface area contributed by atoms with E-state index in [1.165, 1.54) is 11.9 Å². The van der Waals surface area contributed by atoms with Crippen LogP contribution in [0.5, 0.6) is 0 Å². The molecule has 240 valence electrons. The van der Waals surface area contributed by atoms with Crippen molar-refractivity contribution in [2.24, 2.45) is 5.41 Å². The van der Waals surface area contributed by atoms with Crippen LogP contribution < -0.4 is 9.62 Å². The molecule has 3 aromatic rings. The van der Waals surface area contributed by atoms with E-state index in [1.807, 2.05) is 16.7 Å². The standard InChI is InChI=1S/C28H33F5N6O3SSe/c1-15-20(42-24(29)30)26(14-41-15)8-10-38(11-9-26)17-12-16(43-37-25(2)4-5-25)13-39-18(22-35-36-23(44-22)28(31,32)33)19(34-21(17)39)27(40-3)6-7-27/h12-13,15,20,24,37H,4-11,14H2,1-3H3/t15-,20?/m0/s1. The summed E-state index contributed by atoms with van der Waals surface area (Å²) in [5.74, 6) is 0. The third-order valence-corrected chi connectivity index (χ3v) is 12.6. The van der Waals surface area contributed by atoms with Crippen molar-refractivity contribution in [2.75, 3.05) is 31.7 Å². The Morgan fingerprint density at radius 1 is 1.14 bits per heavy atom. The number of piperidine rings is 1. The van der Waals surface area contributed by atoms with E-state index in [4.69, 9.17) is 19.2 Å². The van der Waals surface area contributed by atoms with Crippen molar-refractivity contribution in [3.63, 3.8) is 0 Å². The average molecular weight is 708 g/mol. The predicted molar refractivity (Wildman–Crippen MR) is 153 cm³/mol. The Morgan fingerprint density at radius 3 is 2.45 bits per heavy atom. The van der Waals surface area contributed by atoms with Crippen molar-refractivity contribution in [1.29, 1.82) is 0 Å². The minimum atomic E-state index is -4.56. The number of pyridine rings is 1. The first-order valence-electron chi connectivity index (χ1n) is 14.6. The van der Waals surface area contributed by atoms with Gasteiger partial charge in [0.1, 0.15) is 0 Å². The summed E-state index contributed by atoms with van der Waals surface area (Å²) in [5, 5.41) is 7.56. The summed E-state index contributed by atoms with van der Waals surface area (Å²) < 4.78 is 89.0. The Labute approximate surface area is 261 Å². The van der Waals surface area contributed by atoms with E-state index in [1.54, 1.807) is 14.0 Å². The van der Waals surface area contributed by atoms with Gasteiger partial charge >= 0.3 is 253 Å². The molecule has 2 saturated carbocycles. The Kier molecular flexibility index (Phi) is 7.62. The van der Waals surface area contributed by atoms with Crippen LogP contribution in [0, 0.1) is 5.41 Å². The average Bonchev–Trinajstić information content (AvgIpc) is 3.79. The van der Waals surface area contributed by atoms with Crippen LogP contribution in [0.15, 0.2) is 17.2 Å². The van der Waals surface area contributed by atoms with E-state index in [0.717, 1.165) is 23.4 Å². The number of nitrogens with zero attached hydrogens (tertiary/aromatic N) is 5. The number of anilines is 1. The molecule has 1 N–H and O–H groups in total. The summed E-state index contributed by atoms with van der Waals surface area (Å²) in [6.45, 7) is 2.48. The van der Waals surface area contributed by atoms with Crippen molar-refractivity contribution >= 4 is 37.8 Å². The third-order valence-electron chi connectivity index (χ3n) is 9.50. The second kappa shape index (κ2) is 10.9. The Hall–Kier alpha value is -1.81. The third kappa shape index (κ3) is 5.47. The molecule has 44 heavy (non-hydrogen) atoms. The molecule has 1 unspecified atom stereocenters. The van der Waals surface area contributed by atoms with Crippen LogP contribution >= 0.6 is 11.9 Å². The van der Waals surface area contributed by atoms with Crippen LogP contribution in [0.3, 0.4) is 0 Å². The van der Waals surface area contributed by atoms with Crippen molar-refractivity contribution < 1.29 is 36.2 Å². The fourth-order valence-electron chi connectivity index (χ4n) is 6.42. The molecule has 0 bridgehead atoms. The number of ether oxygens (including phenoxy) is 3. The van der Waals surface area contributed by atoms with Gasteiger partial charge < -0.3 is 0 Å². The summed E-state index contributed by atoms with van der Waals surface area (Å²) in [4.78, 5) is 8.10. The van der Waals surface area contributed by atoms with Gasteiger partial charge in [-0.1, -0.05) is 0 Å². The Balaban J connectivity index is 1.31. The first-order chi connectivity index (χ1) is 20.9. The number of imidazole rings is 1. The monoisotopic (exact) mass is 708 g/mol. The molecule has 2 aliphatic heterocycles. The maximum atomic E-state index is 13.6. The van der Waals surface area contributed by atoms with Gasteiger partial charge in [-0.2, -0.15) is 8.78 Å². The van der Waals surface area contributed by atoms with Gasteiger partial charge in [0, 0.05) is 0 Å². The number of aromatic nitrogens is 4. The van der Waals surface area contributed by atoms with E-state index >= 15 is 0 Å². The van der Waals surface area contributed by atoms with Crippen molar-refractivity contribution in [3.05, 3.63) is 22.5 Å². The van der Waals surface area contributed by atoms with E-state index in [-0.39, 0.29) is 10.1 Å². The van der Waals surface area contributed by atoms with Gasteiger partial charge in [-0.15, -0.1) is 0 Å². The van der Waals surface area contributed by atoms with Crippen molar-refractivity contribution in [2.45, 2.75) is 93.4 Å². The molecule has 0 amide bonds. The zero-order chi connectivity index (χ0) is 31.1. The zero-order valence-corrected chi connectivity index (χ0v) is 26.9. The molecular weight excluding hydrogens is 674 g/mol. The summed E-state index contributed by atoms with van der Waals surface area (Å²) >= 11 is 0.320. The molecule has 5 heterocycles. The molecule has 4 aliphatic rings. The molecule has 0 aromatic carbocycles. The number of halogens is 5. The van der Waals surface area contributed by atoms with Gasteiger partial charge in [-0.25, -0.2) is 0 Å². The molecule has 2 saturated heterocycles. The first kappa shape index (κ1) is 30.8. The van der Waals surface area contributed by atoms with Gasteiger partial charge in [0.15, 0.2) is 0 Å². The normalized spacial score (nSPS) is 25.4. The molecule has 4 fully saturated rings. The van der Waals surface area contributed by atoms with Crippen LogP contribution in [-0.4, -0.2) is 85.3 Å². The van der Waals surface area contributed by atoms with Crippen LogP contribution in [0.2, 0.25) is 0 Å². The Morgan fingerprint density at radius 2 is 1.86 bits per heavy atom. The second-order valence-electron chi connectivity index (χ2n) is 12.6. The van der Waals surface area contributed by atoms with Crippen molar-refractivity contribution in [1.82, 2.24) is 24.3 Å². The van der Waals surface area contributed by atoms with Crippen LogP contribution in [0.1, 0.15) is 62.6 Å². The van der Waals surface area contributed by atoms with Crippen LogP contribution in [0.25, 0.3) is 15.9 Å². The van der Waals surface area contributed by atoms with E-state index < -0.39 is 55.1 Å². The minimum absolute atomic E-state index is 0.0291. The van der Waals surface area contributed by atoms with Crippen molar-refractivity contribution in [3.8, 4) is 10.3 Å². The first-order valence-corrected chi connectivity index (χ1v) is 17.2. The maximum absolute atomic E-state index is 13.6. The van der Waals surface area contributed by atoms with Gasteiger partial charge in [0.2, 0.25) is 0 Å². The quantitative estimate of drug-likeness (QED) is 0.182. The fraction of sp³-hybridized carbons (Fsp3) is 0.679. The van der Waals surface area contributed by atoms with E-state index in [9.17, 15) is 22.0 Å². The molecule has 7 rings (SSSR count). The van der Waals surface area contributed by atoms with Gasteiger partial charge in [0.05, 0.1) is 0 Å².